The number of nitrogens with one attached hydrogen (secondary N) is 2. The summed E-state index contributed by atoms with van der Waals surface area (Å²) in [6.45, 7) is 1.69. The van der Waals surface area contributed by atoms with Crippen molar-refractivity contribution in [3.63, 3.8) is 0 Å². The van der Waals surface area contributed by atoms with E-state index < -0.39 is 5.97 Å². The number of halogens is 1. The van der Waals surface area contributed by atoms with Crippen molar-refractivity contribution >= 4 is 45.9 Å². The predicted octanol–water partition coefficient (Wildman–Crippen LogP) is 6.06. The summed E-state index contributed by atoms with van der Waals surface area (Å²) in [6.07, 6.45) is 0. The molecule has 8 heteroatoms. The number of urea groups is 1. The Bertz CT molecular complexity index is 1360. The van der Waals surface area contributed by atoms with Gasteiger partial charge in [0.1, 0.15) is 5.75 Å². The highest BCUT2D eigenvalue weighted by atomic mass is 35.5. The molecule has 2 amide bonds. The van der Waals surface area contributed by atoms with Gasteiger partial charge in [-0.3, -0.25) is 0 Å². The number of carbonyl (C=O) groups is 2. The van der Waals surface area contributed by atoms with Crippen LogP contribution >= 0.6 is 11.6 Å². The summed E-state index contributed by atoms with van der Waals surface area (Å²) >= 11 is 6.01. The smallest absolute Gasteiger partial charge is 0.343 e. The van der Waals surface area contributed by atoms with Gasteiger partial charge in [-0.1, -0.05) is 35.9 Å². The van der Waals surface area contributed by atoms with Gasteiger partial charge in [-0.05, 0) is 55.0 Å². The number of aromatic nitrogens is 1. The number of esters is 1. The Morgan fingerprint density at radius 3 is 2.38 bits per heavy atom. The van der Waals surface area contributed by atoms with E-state index >= 15 is 0 Å². The fourth-order valence-electron chi connectivity index (χ4n) is 3.37. The molecular formula is C26H22ClN3O4. The summed E-state index contributed by atoms with van der Waals surface area (Å²) in [4.78, 5) is 28.9. The Balaban J connectivity index is 1.65. The van der Waals surface area contributed by atoms with Gasteiger partial charge in [-0.15, -0.1) is 0 Å². The number of benzene rings is 3. The van der Waals surface area contributed by atoms with Gasteiger partial charge in [0.2, 0.25) is 0 Å². The third-order valence-electron chi connectivity index (χ3n) is 5.02. The molecule has 0 bridgehead atoms. The number of anilines is 2. The molecule has 0 aliphatic carbocycles. The quantitative estimate of drug-likeness (QED) is 0.331. The number of hydrogen-bond acceptors (Lipinski definition) is 5. The van der Waals surface area contributed by atoms with Crippen LogP contribution in [0, 0.1) is 6.92 Å². The number of amides is 2. The van der Waals surface area contributed by atoms with Gasteiger partial charge < -0.3 is 20.1 Å². The van der Waals surface area contributed by atoms with Crippen molar-refractivity contribution < 1.29 is 19.1 Å². The first kappa shape index (κ1) is 23.1. The molecule has 0 aliphatic heterocycles. The van der Waals surface area contributed by atoms with Crippen LogP contribution < -0.4 is 15.4 Å². The van der Waals surface area contributed by atoms with E-state index in [-0.39, 0.29) is 12.6 Å². The molecule has 4 rings (SSSR count). The van der Waals surface area contributed by atoms with E-state index in [1.165, 1.54) is 7.11 Å². The largest absolute Gasteiger partial charge is 0.481 e. The fraction of sp³-hybridized carbons (Fsp3) is 0.115. The Morgan fingerprint density at radius 2 is 1.68 bits per heavy atom. The standard InChI is InChI=1S/C26H22ClN3O4/c1-16-4-3-5-19(12-16)28-26(32)29-20-10-11-22-21(13-20)24(34-15-25(31)33-2)14-23(30-22)17-6-8-18(27)9-7-17/h3-14H,15H2,1-2H3,(H2,28,29,32). The minimum atomic E-state index is -0.509. The van der Waals surface area contributed by atoms with Crippen LogP contribution in [-0.2, 0) is 9.53 Å². The molecule has 0 aliphatic rings. The third-order valence-corrected chi connectivity index (χ3v) is 5.27. The molecule has 0 fully saturated rings. The SMILES string of the molecule is COC(=O)COc1cc(-c2ccc(Cl)cc2)nc2ccc(NC(=O)Nc3cccc(C)c3)cc12. The molecule has 0 radical (unpaired) electrons. The van der Waals surface area contributed by atoms with Crippen molar-refractivity contribution in [2.75, 3.05) is 24.4 Å². The predicted molar refractivity (Wildman–Crippen MR) is 134 cm³/mol. The molecule has 4 aromatic rings. The molecule has 2 N–H and O–H groups in total. The zero-order valence-corrected chi connectivity index (χ0v) is 19.3. The number of rotatable bonds is 6. The molecule has 0 saturated heterocycles. The van der Waals surface area contributed by atoms with Crippen molar-refractivity contribution in [1.82, 2.24) is 4.98 Å². The van der Waals surface area contributed by atoms with Gasteiger partial charge in [-0.25, -0.2) is 14.6 Å². The molecule has 7 nitrogen and oxygen atoms in total. The minimum Gasteiger partial charge on any atom is -0.481 e. The molecule has 1 heterocycles. The molecule has 34 heavy (non-hydrogen) atoms. The second kappa shape index (κ2) is 10.2. The van der Waals surface area contributed by atoms with Crippen molar-refractivity contribution in [3.05, 3.63) is 83.4 Å². The summed E-state index contributed by atoms with van der Waals surface area (Å²) in [5.74, 6) is -0.0760. The highest BCUT2D eigenvalue weighted by Gasteiger charge is 2.13. The van der Waals surface area contributed by atoms with Crippen LogP contribution in [0.15, 0.2) is 72.8 Å². The van der Waals surface area contributed by atoms with Gasteiger partial charge in [0.25, 0.3) is 0 Å². The Hall–Kier alpha value is -4.10. The zero-order chi connectivity index (χ0) is 24.1. The second-order valence-electron chi connectivity index (χ2n) is 7.56. The fourth-order valence-corrected chi connectivity index (χ4v) is 3.50. The zero-order valence-electron chi connectivity index (χ0n) is 18.6. The first-order chi connectivity index (χ1) is 16.4. The number of aryl methyl sites for hydroxylation is 1. The van der Waals surface area contributed by atoms with Crippen LogP contribution in [0.3, 0.4) is 0 Å². The summed E-state index contributed by atoms with van der Waals surface area (Å²) in [5.41, 5.74) is 4.41. The number of hydrogen-bond donors (Lipinski definition) is 2. The van der Waals surface area contributed by atoms with Gasteiger partial charge >= 0.3 is 12.0 Å². The van der Waals surface area contributed by atoms with E-state index in [0.29, 0.717) is 38.7 Å². The summed E-state index contributed by atoms with van der Waals surface area (Å²) < 4.78 is 10.5. The van der Waals surface area contributed by atoms with Gasteiger partial charge in [-0.2, -0.15) is 0 Å². The van der Waals surface area contributed by atoms with E-state index in [9.17, 15) is 9.59 Å². The van der Waals surface area contributed by atoms with E-state index in [1.54, 1.807) is 36.4 Å². The maximum absolute atomic E-state index is 12.5. The monoisotopic (exact) mass is 475 g/mol. The molecule has 0 atom stereocenters. The number of fused-ring (bicyclic) bond motifs is 1. The highest BCUT2D eigenvalue weighted by Crippen LogP contribution is 2.32. The van der Waals surface area contributed by atoms with Crippen LogP contribution in [0.2, 0.25) is 5.02 Å². The Morgan fingerprint density at radius 1 is 0.941 bits per heavy atom. The normalized spacial score (nSPS) is 10.6. The molecule has 172 valence electrons. The first-order valence-corrected chi connectivity index (χ1v) is 10.8. The number of carbonyl (C=O) groups excluding carboxylic acids is 2. The number of nitrogens with zero attached hydrogens (tertiary/aromatic N) is 1. The van der Waals surface area contributed by atoms with E-state index in [1.807, 2.05) is 43.3 Å². The lowest BCUT2D eigenvalue weighted by Crippen LogP contribution is -2.19. The molecule has 1 aromatic heterocycles. The van der Waals surface area contributed by atoms with Crippen LogP contribution in [0.4, 0.5) is 16.2 Å². The van der Waals surface area contributed by atoms with Crippen molar-refractivity contribution in [2.24, 2.45) is 0 Å². The van der Waals surface area contributed by atoms with Crippen LogP contribution in [-0.4, -0.2) is 30.7 Å². The third kappa shape index (κ3) is 5.63. The summed E-state index contributed by atoms with van der Waals surface area (Å²) in [6, 6.07) is 21.4. The second-order valence-corrected chi connectivity index (χ2v) is 7.99. The van der Waals surface area contributed by atoms with Gasteiger partial charge in [0.05, 0.1) is 18.3 Å². The maximum atomic E-state index is 12.5. The molecular weight excluding hydrogens is 454 g/mol. The minimum absolute atomic E-state index is 0.263. The lowest BCUT2D eigenvalue weighted by Gasteiger charge is -2.13. The molecule has 0 saturated carbocycles. The van der Waals surface area contributed by atoms with E-state index in [0.717, 1.165) is 11.1 Å². The first-order valence-electron chi connectivity index (χ1n) is 10.5. The number of pyridine rings is 1. The van der Waals surface area contributed by atoms with Crippen molar-refractivity contribution in [3.8, 4) is 17.0 Å². The molecule has 0 unspecified atom stereocenters. The van der Waals surface area contributed by atoms with Crippen LogP contribution in [0.5, 0.6) is 5.75 Å². The topological polar surface area (TPSA) is 89.6 Å². The lowest BCUT2D eigenvalue weighted by molar-refractivity contribution is -0.142. The highest BCUT2D eigenvalue weighted by molar-refractivity contribution is 6.30. The van der Waals surface area contributed by atoms with Gasteiger partial charge in [0, 0.05) is 33.4 Å². The number of methoxy groups -OCH3 is 1. The summed E-state index contributed by atoms with van der Waals surface area (Å²) in [5, 5.41) is 6.88. The average Bonchev–Trinajstić information content (AvgIpc) is 2.82. The van der Waals surface area contributed by atoms with Crippen LogP contribution in [0.1, 0.15) is 5.56 Å². The Labute approximate surface area is 201 Å². The molecule has 3 aromatic carbocycles. The number of ether oxygens (including phenoxy) is 2. The average molecular weight is 476 g/mol. The summed E-state index contributed by atoms with van der Waals surface area (Å²) in [7, 11) is 1.30. The van der Waals surface area contributed by atoms with E-state index in [4.69, 9.17) is 26.1 Å². The van der Waals surface area contributed by atoms with Crippen molar-refractivity contribution in [2.45, 2.75) is 6.92 Å². The lowest BCUT2D eigenvalue weighted by atomic mass is 10.1. The van der Waals surface area contributed by atoms with Crippen LogP contribution in [0.25, 0.3) is 22.2 Å². The van der Waals surface area contributed by atoms with E-state index in [2.05, 4.69) is 10.6 Å². The van der Waals surface area contributed by atoms with Crippen molar-refractivity contribution in [1.29, 1.82) is 0 Å². The Kier molecular flexibility index (Phi) is 6.94. The molecule has 0 spiro atoms. The van der Waals surface area contributed by atoms with Gasteiger partial charge in [0.15, 0.2) is 6.61 Å². The maximum Gasteiger partial charge on any atom is 0.343 e.